The summed E-state index contributed by atoms with van der Waals surface area (Å²) in [6.07, 6.45) is 4.60. The number of carbonyl (C=O) groups is 1. The summed E-state index contributed by atoms with van der Waals surface area (Å²) in [6.45, 7) is 6.62. The first-order chi connectivity index (χ1) is 6.15. The quantitative estimate of drug-likeness (QED) is 0.524. The maximum atomic E-state index is 10.7. The van der Waals surface area contributed by atoms with Crippen molar-refractivity contribution in [2.45, 2.75) is 27.3 Å². The highest BCUT2D eigenvalue weighted by Crippen LogP contribution is 2.04. The zero-order valence-electron chi connectivity index (χ0n) is 8.24. The van der Waals surface area contributed by atoms with Crippen molar-refractivity contribution in [3.05, 3.63) is 29.4 Å². The van der Waals surface area contributed by atoms with Crippen LogP contribution in [0.4, 0.5) is 0 Å². The Labute approximate surface area is 78.1 Å². The van der Waals surface area contributed by atoms with E-state index >= 15 is 0 Å². The van der Waals surface area contributed by atoms with Crippen molar-refractivity contribution in [3.8, 4) is 0 Å². The highest BCUT2D eigenvalue weighted by Gasteiger charge is 2.03. The van der Waals surface area contributed by atoms with Crippen LogP contribution in [0.15, 0.2) is 18.0 Å². The lowest BCUT2D eigenvalue weighted by atomic mass is 10.3. The second-order valence-corrected chi connectivity index (χ2v) is 3.27. The number of hydrogen-bond acceptors (Lipinski definition) is 2. The van der Waals surface area contributed by atoms with E-state index in [0.717, 1.165) is 18.5 Å². The molecule has 3 heteroatoms. The van der Waals surface area contributed by atoms with Gasteiger partial charge in [0.05, 0.1) is 12.0 Å². The zero-order chi connectivity index (χ0) is 9.84. The third-order valence-electron chi connectivity index (χ3n) is 1.88. The fraction of sp³-hybridized carbons (Fsp3) is 0.400. The molecule has 0 unspecified atom stereocenters. The molecule has 0 atom stereocenters. The minimum absolute atomic E-state index is 0.664. The second kappa shape index (κ2) is 4.03. The Morgan fingerprint density at radius 1 is 1.62 bits per heavy atom. The number of nitrogens with zero attached hydrogens (tertiary/aromatic N) is 2. The predicted octanol–water partition coefficient (Wildman–Crippen LogP) is 1.97. The number of aldehydes is 1. The van der Waals surface area contributed by atoms with Crippen molar-refractivity contribution in [1.29, 1.82) is 0 Å². The molecule has 1 aromatic rings. The minimum atomic E-state index is 0.664. The first-order valence-corrected chi connectivity index (χ1v) is 4.25. The van der Waals surface area contributed by atoms with E-state index in [1.165, 1.54) is 5.57 Å². The van der Waals surface area contributed by atoms with Gasteiger partial charge in [0.2, 0.25) is 0 Å². The number of allylic oxidation sites excluding steroid dienone is 2. The third-order valence-corrected chi connectivity index (χ3v) is 1.88. The molecule has 0 aliphatic carbocycles. The summed E-state index contributed by atoms with van der Waals surface area (Å²) >= 11 is 0. The topological polar surface area (TPSA) is 34.9 Å². The molecule has 70 valence electrons. The smallest absolute Gasteiger partial charge is 0.168 e. The SMILES string of the molecule is CC(C)=CCn1cnc(C)c1C=O. The number of imidazole rings is 1. The van der Waals surface area contributed by atoms with Gasteiger partial charge in [-0.25, -0.2) is 4.98 Å². The largest absolute Gasteiger partial charge is 0.324 e. The van der Waals surface area contributed by atoms with Crippen molar-refractivity contribution in [3.63, 3.8) is 0 Å². The Kier molecular flexibility index (Phi) is 3.01. The Hall–Kier alpha value is -1.38. The predicted molar refractivity (Wildman–Crippen MR) is 51.8 cm³/mol. The van der Waals surface area contributed by atoms with E-state index in [1.54, 1.807) is 6.33 Å². The van der Waals surface area contributed by atoms with Gasteiger partial charge >= 0.3 is 0 Å². The molecule has 13 heavy (non-hydrogen) atoms. The molecule has 1 heterocycles. The van der Waals surface area contributed by atoms with Crippen molar-refractivity contribution >= 4 is 6.29 Å². The van der Waals surface area contributed by atoms with Gasteiger partial charge in [-0.1, -0.05) is 11.6 Å². The molecule has 0 aliphatic heterocycles. The number of hydrogen-bond donors (Lipinski definition) is 0. The summed E-state index contributed by atoms with van der Waals surface area (Å²) in [7, 11) is 0. The van der Waals surface area contributed by atoms with Crippen molar-refractivity contribution in [1.82, 2.24) is 9.55 Å². The third kappa shape index (κ3) is 2.28. The lowest BCUT2D eigenvalue weighted by Crippen LogP contribution is -2.00. The van der Waals surface area contributed by atoms with Gasteiger partial charge in [0.25, 0.3) is 0 Å². The Morgan fingerprint density at radius 2 is 2.31 bits per heavy atom. The van der Waals surface area contributed by atoms with Gasteiger partial charge in [0, 0.05) is 6.54 Å². The van der Waals surface area contributed by atoms with Crippen LogP contribution in [0, 0.1) is 6.92 Å². The van der Waals surface area contributed by atoms with Crippen molar-refractivity contribution in [2.75, 3.05) is 0 Å². The molecule has 1 aromatic heterocycles. The molecule has 0 saturated heterocycles. The normalized spacial score (nSPS) is 9.77. The van der Waals surface area contributed by atoms with Gasteiger partial charge in [0.1, 0.15) is 5.69 Å². The van der Waals surface area contributed by atoms with Gasteiger partial charge in [-0.05, 0) is 20.8 Å². The van der Waals surface area contributed by atoms with E-state index < -0.39 is 0 Å². The van der Waals surface area contributed by atoms with Gasteiger partial charge in [-0.15, -0.1) is 0 Å². The molecular formula is C10H14N2O. The molecule has 0 fully saturated rings. The summed E-state index contributed by atoms with van der Waals surface area (Å²) in [5.41, 5.74) is 2.69. The molecule has 0 N–H and O–H groups in total. The van der Waals surface area contributed by atoms with E-state index in [2.05, 4.69) is 11.1 Å². The molecule has 0 aromatic carbocycles. The lowest BCUT2D eigenvalue weighted by molar-refractivity contribution is 0.111. The van der Waals surface area contributed by atoms with E-state index in [0.29, 0.717) is 5.69 Å². The number of aryl methyl sites for hydroxylation is 1. The first-order valence-electron chi connectivity index (χ1n) is 4.25. The monoisotopic (exact) mass is 178 g/mol. The van der Waals surface area contributed by atoms with Crippen LogP contribution in [0.2, 0.25) is 0 Å². The van der Waals surface area contributed by atoms with E-state index in [1.807, 2.05) is 25.3 Å². The van der Waals surface area contributed by atoms with Crippen LogP contribution >= 0.6 is 0 Å². The van der Waals surface area contributed by atoms with E-state index in [-0.39, 0.29) is 0 Å². The zero-order valence-corrected chi connectivity index (χ0v) is 8.24. The summed E-state index contributed by atoms with van der Waals surface area (Å²) in [5.74, 6) is 0. The number of carbonyl (C=O) groups excluding carboxylic acids is 1. The maximum Gasteiger partial charge on any atom is 0.168 e. The molecule has 3 nitrogen and oxygen atoms in total. The van der Waals surface area contributed by atoms with Gasteiger partial charge in [-0.3, -0.25) is 4.79 Å². The molecule has 0 bridgehead atoms. The molecule has 0 spiro atoms. The number of rotatable bonds is 3. The highest BCUT2D eigenvalue weighted by molar-refractivity contribution is 5.73. The standard InChI is InChI=1S/C10H14N2O/c1-8(2)4-5-12-7-11-9(3)10(12)6-13/h4,6-7H,5H2,1-3H3. The minimum Gasteiger partial charge on any atom is -0.324 e. The Bertz CT molecular complexity index is 333. The first kappa shape index (κ1) is 9.71. The van der Waals surface area contributed by atoms with E-state index in [9.17, 15) is 4.79 Å². The van der Waals surface area contributed by atoms with Crippen LogP contribution in [0.1, 0.15) is 30.0 Å². The summed E-state index contributed by atoms with van der Waals surface area (Å²) < 4.78 is 1.84. The molecule has 1 rings (SSSR count). The summed E-state index contributed by atoms with van der Waals surface area (Å²) in [4.78, 5) is 14.7. The second-order valence-electron chi connectivity index (χ2n) is 3.27. The molecule has 0 radical (unpaired) electrons. The Morgan fingerprint density at radius 3 is 2.85 bits per heavy atom. The lowest BCUT2D eigenvalue weighted by Gasteiger charge is -1.99. The van der Waals surface area contributed by atoms with Crippen LogP contribution in [0.25, 0.3) is 0 Å². The highest BCUT2D eigenvalue weighted by atomic mass is 16.1. The maximum absolute atomic E-state index is 10.7. The molecule has 0 aliphatic rings. The Balaban J connectivity index is 2.88. The van der Waals surface area contributed by atoms with Crippen LogP contribution in [-0.4, -0.2) is 15.8 Å². The van der Waals surface area contributed by atoms with Gasteiger partial charge < -0.3 is 4.57 Å². The van der Waals surface area contributed by atoms with Gasteiger partial charge in [0.15, 0.2) is 6.29 Å². The van der Waals surface area contributed by atoms with E-state index in [4.69, 9.17) is 0 Å². The van der Waals surface area contributed by atoms with Crippen LogP contribution in [-0.2, 0) is 6.54 Å². The van der Waals surface area contributed by atoms with Crippen molar-refractivity contribution < 1.29 is 4.79 Å². The summed E-state index contributed by atoms with van der Waals surface area (Å²) in [5, 5.41) is 0. The number of aromatic nitrogens is 2. The average Bonchev–Trinajstić information content (AvgIpc) is 2.42. The summed E-state index contributed by atoms with van der Waals surface area (Å²) in [6, 6.07) is 0. The molecule has 0 saturated carbocycles. The molecule has 0 amide bonds. The van der Waals surface area contributed by atoms with Crippen LogP contribution in [0.3, 0.4) is 0 Å². The fourth-order valence-corrected chi connectivity index (χ4v) is 1.07. The van der Waals surface area contributed by atoms with Crippen LogP contribution < -0.4 is 0 Å². The average molecular weight is 178 g/mol. The van der Waals surface area contributed by atoms with Crippen LogP contribution in [0.5, 0.6) is 0 Å². The fourth-order valence-electron chi connectivity index (χ4n) is 1.07. The van der Waals surface area contributed by atoms with Crippen molar-refractivity contribution in [2.24, 2.45) is 0 Å². The molecular weight excluding hydrogens is 164 g/mol. The van der Waals surface area contributed by atoms with Gasteiger partial charge in [-0.2, -0.15) is 0 Å².